The Balaban J connectivity index is 1.69. The van der Waals surface area contributed by atoms with Crippen LogP contribution in [0.5, 0.6) is 11.5 Å². The van der Waals surface area contributed by atoms with Gasteiger partial charge in [0, 0.05) is 25.7 Å². The first-order chi connectivity index (χ1) is 11.1. The highest BCUT2D eigenvalue weighted by molar-refractivity contribution is 5.81. The van der Waals surface area contributed by atoms with Crippen molar-refractivity contribution in [2.75, 3.05) is 40.4 Å². The average Bonchev–Trinajstić information content (AvgIpc) is 3.12. The summed E-state index contributed by atoms with van der Waals surface area (Å²) in [7, 11) is 3.65. The van der Waals surface area contributed by atoms with Crippen molar-refractivity contribution in [1.29, 1.82) is 0 Å². The minimum atomic E-state index is -0.0649. The monoisotopic (exact) mass is 320 g/mol. The lowest BCUT2D eigenvalue weighted by Gasteiger charge is -2.27. The second-order valence-corrected chi connectivity index (χ2v) is 6.07. The van der Waals surface area contributed by atoms with Gasteiger partial charge in [-0.3, -0.25) is 9.69 Å². The lowest BCUT2D eigenvalue weighted by molar-refractivity contribution is -0.134. The van der Waals surface area contributed by atoms with Gasteiger partial charge in [0.15, 0.2) is 0 Å². The van der Waals surface area contributed by atoms with Gasteiger partial charge in [0.25, 0.3) is 0 Å². The Hall–Kier alpha value is -1.75. The van der Waals surface area contributed by atoms with Crippen molar-refractivity contribution in [2.45, 2.75) is 32.2 Å². The fourth-order valence-corrected chi connectivity index (χ4v) is 2.78. The maximum atomic E-state index is 12.4. The van der Waals surface area contributed by atoms with E-state index >= 15 is 0 Å². The molecule has 1 heterocycles. The predicted molar refractivity (Wildman–Crippen MR) is 91.0 cm³/mol. The number of amides is 1. The summed E-state index contributed by atoms with van der Waals surface area (Å²) < 4.78 is 10.9. The summed E-state index contributed by atoms with van der Waals surface area (Å²) in [5.74, 6) is 1.86. The molecule has 5 heteroatoms. The molecule has 0 saturated carbocycles. The Labute approximate surface area is 139 Å². The smallest absolute Gasteiger partial charge is 0.239 e. The van der Waals surface area contributed by atoms with Crippen LogP contribution >= 0.6 is 0 Å². The number of rotatable bonds is 8. The molecule has 1 aromatic rings. The molecule has 0 aliphatic carbocycles. The summed E-state index contributed by atoms with van der Waals surface area (Å²) >= 11 is 0. The van der Waals surface area contributed by atoms with Gasteiger partial charge in [0.2, 0.25) is 5.91 Å². The van der Waals surface area contributed by atoms with Gasteiger partial charge >= 0.3 is 0 Å². The van der Waals surface area contributed by atoms with Gasteiger partial charge in [0.1, 0.15) is 11.5 Å². The van der Waals surface area contributed by atoms with Crippen LogP contribution < -0.4 is 9.47 Å². The van der Waals surface area contributed by atoms with Crippen LogP contribution in [0.3, 0.4) is 0 Å². The SMILES string of the molecule is COc1cccc(OCCCN(C)[C@@H](C)C(=O)N2CCCC2)c1. The number of nitrogens with zero attached hydrogens (tertiary/aromatic N) is 2. The molecule has 1 fully saturated rings. The van der Waals surface area contributed by atoms with Gasteiger partial charge in [0.05, 0.1) is 19.8 Å². The maximum absolute atomic E-state index is 12.4. The van der Waals surface area contributed by atoms with Crippen LogP contribution in [-0.4, -0.2) is 62.1 Å². The van der Waals surface area contributed by atoms with Crippen LogP contribution in [0, 0.1) is 0 Å². The predicted octanol–water partition coefficient (Wildman–Crippen LogP) is 2.41. The van der Waals surface area contributed by atoms with Gasteiger partial charge in [-0.1, -0.05) is 6.07 Å². The van der Waals surface area contributed by atoms with Gasteiger partial charge < -0.3 is 14.4 Å². The van der Waals surface area contributed by atoms with Gasteiger partial charge in [-0.15, -0.1) is 0 Å². The molecular weight excluding hydrogens is 292 g/mol. The van der Waals surface area contributed by atoms with Crippen molar-refractivity contribution >= 4 is 5.91 Å². The summed E-state index contributed by atoms with van der Waals surface area (Å²) in [6.45, 7) is 5.28. The van der Waals surface area contributed by atoms with Crippen LogP contribution in [0.2, 0.25) is 0 Å². The standard InChI is InChI=1S/C18H28N2O3/c1-15(18(21)20-11-4-5-12-20)19(2)10-7-13-23-17-9-6-8-16(14-17)22-3/h6,8-9,14-15H,4-5,7,10-13H2,1-3H3/t15-/m0/s1. The molecule has 1 saturated heterocycles. The molecule has 23 heavy (non-hydrogen) atoms. The van der Waals surface area contributed by atoms with Gasteiger partial charge in [-0.05, 0) is 45.4 Å². The summed E-state index contributed by atoms with van der Waals surface area (Å²) in [4.78, 5) is 16.4. The van der Waals surface area contributed by atoms with E-state index in [1.807, 2.05) is 43.1 Å². The third-order valence-corrected chi connectivity index (χ3v) is 4.40. The molecule has 1 atom stereocenters. The van der Waals surface area contributed by atoms with E-state index in [9.17, 15) is 4.79 Å². The number of hydrogen-bond donors (Lipinski definition) is 0. The van der Waals surface area contributed by atoms with E-state index in [2.05, 4.69) is 4.90 Å². The molecule has 5 nitrogen and oxygen atoms in total. The van der Waals surface area contributed by atoms with Crippen LogP contribution in [0.1, 0.15) is 26.2 Å². The topological polar surface area (TPSA) is 42.0 Å². The number of likely N-dealkylation sites (tertiary alicyclic amines) is 1. The first-order valence-corrected chi connectivity index (χ1v) is 8.37. The molecule has 0 N–H and O–H groups in total. The third-order valence-electron chi connectivity index (χ3n) is 4.40. The summed E-state index contributed by atoms with van der Waals surface area (Å²) in [6.07, 6.45) is 3.15. The number of hydrogen-bond acceptors (Lipinski definition) is 4. The molecule has 0 radical (unpaired) electrons. The van der Waals surface area contributed by atoms with E-state index in [1.54, 1.807) is 7.11 Å². The Morgan fingerprint density at radius 3 is 2.70 bits per heavy atom. The zero-order valence-corrected chi connectivity index (χ0v) is 14.5. The zero-order valence-electron chi connectivity index (χ0n) is 14.5. The van der Waals surface area contributed by atoms with E-state index in [1.165, 1.54) is 0 Å². The Kier molecular flexibility index (Phi) is 6.71. The summed E-state index contributed by atoms with van der Waals surface area (Å²) in [6, 6.07) is 7.54. The highest BCUT2D eigenvalue weighted by atomic mass is 16.5. The summed E-state index contributed by atoms with van der Waals surface area (Å²) in [5, 5.41) is 0. The van der Waals surface area contributed by atoms with Crippen LogP contribution in [0.4, 0.5) is 0 Å². The third kappa shape index (κ3) is 5.13. The van der Waals surface area contributed by atoms with Crippen LogP contribution in [-0.2, 0) is 4.79 Å². The van der Waals surface area contributed by atoms with Crippen molar-refractivity contribution in [2.24, 2.45) is 0 Å². The largest absolute Gasteiger partial charge is 0.497 e. The maximum Gasteiger partial charge on any atom is 0.239 e. The van der Waals surface area contributed by atoms with Gasteiger partial charge in [-0.25, -0.2) is 0 Å². The quantitative estimate of drug-likeness (QED) is 0.690. The number of methoxy groups -OCH3 is 1. The Bertz CT molecular complexity index is 501. The lowest BCUT2D eigenvalue weighted by Crippen LogP contribution is -2.45. The number of likely N-dealkylation sites (N-methyl/N-ethyl adjacent to an activating group) is 1. The number of carbonyl (C=O) groups excluding carboxylic acids is 1. The van der Waals surface area contributed by atoms with E-state index in [-0.39, 0.29) is 11.9 Å². The molecule has 1 aliphatic rings. The Morgan fingerprint density at radius 2 is 2.00 bits per heavy atom. The lowest BCUT2D eigenvalue weighted by atomic mass is 10.2. The average molecular weight is 320 g/mol. The van der Waals surface area contributed by atoms with Gasteiger partial charge in [-0.2, -0.15) is 0 Å². The molecule has 0 spiro atoms. The first-order valence-electron chi connectivity index (χ1n) is 8.37. The minimum Gasteiger partial charge on any atom is -0.497 e. The van der Waals surface area contributed by atoms with Crippen molar-refractivity contribution in [3.8, 4) is 11.5 Å². The molecule has 128 valence electrons. The molecule has 2 rings (SSSR count). The van der Waals surface area contributed by atoms with Crippen molar-refractivity contribution in [1.82, 2.24) is 9.80 Å². The highest BCUT2D eigenvalue weighted by Gasteiger charge is 2.25. The van der Waals surface area contributed by atoms with E-state index in [4.69, 9.17) is 9.47 Å². The minimum absolute atomic E-state index is 0.0649. The molecule has 0 aromatic heterocycles. The number of ether oxygens (including phenoxy) is 2. The van der Waals surface area contributed by atoms with E-state index < -0.39 is 0 Å². The first kappa shape index (κ1) is 17.6. The zero-order chi connectivity index (χ0) is 16.7. The fraction of sp³-hybridized carbons (Fsp3) is 0.611. The highest BCUT2D eigenvalue weighted by Crippen LogP contribution is 2.19. The van der Waals surface area contributed by atoms with Crippen LogP contribution in [0.15, 0.2) is 24.3 Å². The molecule has 0 unspecified atom stereocenters. The summed E-state index contributed by atoms with van der Waals surface area (Å²) in [5.41, 5.74) is 0. The van der Waals surface area contributed by atoms with Crippen molar-refractivity contribution in [3.63, 3.8) is 0 Å². The van der Waals surface area contributed by atoms with Crippen LogP contribution in [0.25, 0.3) is 0 Å². The molecule has 1 aromatic carbocycles. The number of carbonyl (C=O) groups is 1. The molecule has 1 amide bonds. The Morgan fingerprint density at radius 1 is 1.30 bits per heavy atom. The molecular formula is C18H28N2O3. The molecule has 0 bridgehead atoms. The van der Waals surface area contributed by atoms with E-state index in [0.717, 1.165) is 50.4 Å². The van der Waals surface area contributed by atoms with E-state index in [0.29, 0.717) is 6.61 Å². The second-order valence-electron chi connectivity index (χ2n) is 6.07. The normalized spacial score (nSPS) is 15.7. The fourth-order valence-electron chi connectivity index (χ4n) is 2.78. The van der Waals surface area contributed by atoms with Crippen molar-refractivity contribution in [3.05, 3.63) is 24.3 Å². The number of benzene rings is 1. The molecule has 1 aliphatic heterocycles. The second kappa shape index (κ2) is 8.77. The van der Waals surface area contributed by atoms with Crippen molar-refractivity contribution < 1.29 is 14.3 Å².